The Labute approximate surface area is 177 Å². The molecule has 2 aliphatic heterocycles. The molecule has 5 atom stereocenters. The van der Waals surface area contributed by atoms with Gasteiger partial charge in [-0.1, -0.05) is 5.21 Å². The summed E-state index contributed by atoms with van der Waals surface area (Å²) in [6.07, 6.45) is 5.36. The maximum Gasteiger partial charge on any atom is 0.194 e. The lowest BCUT2D eigenvalue weighted by Crippen LogP contribution is -2.62. The Morgan fingerprint density at radius 1 is 1.29 bits per heavy atom. The second-order valence-electron chi connectivity index (χ2n) is 7.94. The number of nitrogens with zero attached hydrogens (tertiary/aromatic N) is 3. The molecule has 4 rings (SSSR count). The summed E-state index contributed by atoms with van der Waals surface area (Å²) in [5, 5.41) is 8.17. The topological polar surface area (TPSA) is 67.6 Å². The summed E-state index contributed by atoms with van der Waals surface area (Å²) in [4.78, 5) is 0. The maximum atomic E-state index is 13.7. The van der Waals surface area contributed by atoms with Crippen molar-refractivity contribution >= 4 is 0 Å². The fourth-order valence-electron chi connectivity index (χ4n) is 4.06. The fourth-order valence-corrected chi connectivity index (χ4v) is 4.06. The summed E-state index contributed by atoms with van der Waals surface area (Å²) in [6.45, 7) is 3.85. The molecular weight excluding hydrogens is 415 g/mol. The first-order chi connectivity index (χ1) is 14.7. The Hall–Kier alpha value is -2.45. The first kappa shape index (κ1) is 21.8. The van der Waals surface area contributed by atoms with Crippen LogP contribution in [-0.4, -0.2) is 58.9 Å². The lowest BCUT2D eigenvalue weighted by Gasteiger charge is -2.50. The molecule has 31 heavy (non-hydrogen) atoms. The van der Waals surface area contributed by atoms with Gasteiger partial charge in [0.2, 0.25) is 0 Å². The zero-order valence-corrected chi connectivity index (χ0v) is 17.2. The quantitative estimate of drug-likeness (QED) is 0.541. The van der Waals surface area contributed by atoms with Crippen LogP contribution < -0.4 is 0 Å². The van der Waals surface area contributed by atoms with Crippen LogP contribution in [0.5, 0.6) is 0 Å². The van der Waals surface area contributed by atoms with E-state index in [2.05, 4.69) is 16.2 Å². The summed E-state index contributed by atoms with van der Waals surface area (Å²) in [7, 11) is 1.53. The van der Waals surface area contributed by atoms with E-state index < -0.39 is 53.7 Å². The van der Waals surface area contributed by atoms with Gasteiger partial charge in [-0.25, -0.2) is 17.9 Å². The molecule has 0 unspecified atom stereocenters. The molecule has 0 radical (unpaired) electrons. The van der Waals surface area contributed by atoms with Crippen LogP contribution >= 0.6 is 0 Å². The van der Waals surface area contributed by atoms with Gasteiger partial charge in [0, 0.05) is 19.1 Å². The Morgan fingerprint density at radius 3 is 2.65 bits per heavy atom. The van der Waals surface area contributed by atoms with Crippen LogP contribution in [0, 0.1) is 29.8 Å². The minimum Gasteiger partial charge on any atom is -0.376 e. The van der Waals surface area contributed by atoms with E-state index in [0.717, 1.165) is 12.1 Å². The monoisotopic (exact) mass is 437 g/mol. The molecule has 166 valence electrons. The lowest BCUT2D eigenvalue weighted by atomic mass is 9.90. The van der Waals surface area contributed by atoms with Gasteiger partial charge in [-0.3, -0.25) is 0 Å². The van der Waals surface area contributed by atoms with Crippen molar-refractivity contribution in [3.05, 3.63) is 35.8 Å². The molecule has 2 fully saturated rings. The van der Waals surface area contributed by atoms with E-state index >= 15 is 0 Å². The molecule has 3 heterocycles. The molecule has 1 aromatic carbocycles. The first-order valence-electron chi connectivity index (χ1n) is 9.74. The lowest BCUT2D eigenvalue weighted by molar-refractivity contribution is -0.349. The Morgan fingerprint density at radius 2 is 2.00 bits per heavy atom. The van der Waals surface area contributed by atoms with Crippen molar-refractivity contribution < 1.29 is 32.1 Å². The van der Waals surface area contributed by atoms with Crippen LogP contribution in [0.25, 0.3) is 11.3 Å². The molecule has 2 saturated heterocycles. The van der Waals surface area contributed by atoms with Gasteiger partial charge >= 0.3 is 0 Å². The van der Waals surface area contributed by atoms with E-state index in [0.29, 0.717) is 0 Å². The third-order valence-corrected chi connectivity index (χ3v) is 5.46. The molecule has 0 N–H and O–H groups in total. The summed E-state index contributed by atoms with van der Waals surface area (Å²) in [6, 6.07) is 1.21. The van der Waals surface area contributed by atoms with Crippen LogP contribution in [0.1, 0.15) is 26.3 Å². The maximum absolute atomic E-state index is 13.7. The molecule has 0 spiro atoms. The van der Waals surface area contributed by atoms with Crippen molar-refractivity contribution in [1.29, 1.82) is 0 Å². The van der Waals surface area contributed by atoms with Crippen LogP contribution in [-0.2, 0) is 18.9 Å². The number of ether oxygens (including phenoxy) is 4. The number of benzene rings is 1. The van der Waals surface area contributed by atoms with Gasteiger partial charge in [0.15, 0.2) is 23.2 Å². The highest BCUT2D eigenvalue weighted by atomic mass is 19.2. The van der Waals surface area contributed by atoms with Gasteiger partial charge in [-0.15, -0.1) is 17.4 Å². The summed E-state index contributed by atoms with van der Waals surface area (Å²) in [5.41, 5.74) is 0.212. The van der Waals surface area contributed by atoms with Gasteiger partial charge in [-0.2, -0.15) is 0 Å². The highest BCUT2D eigenvalue weighted by Crippen LogP contribution is 2.40. The van der Waals surface area contributed by atoms with E-state index in [1.165, 1.54) is 18.0 Å². The van der Waals surface area contributed by atoms with Gasteiger partial charge < -0.3 is 18.9 Å². The van der Waals surface area contributed by atoms with Crippen molar-refractivity contribution in [2.75, 3.05) is 13.7 Å². The van der Waals surface area contributed by atoms with Crippen LogP contribution in [0.2, 0.25) is 0 Å². The predicted molar refractivity (Wildman–Crippen MR) is 102 cm³/mol. The number of fused-ring (bicyclic) bond motifs is 1. The third-order valence-electron chi connectivity index (χ3n) is 5.46. The number of aromatic nitrogens is 3. The van der Waals surface area contributed by atoms with Crippen molar-refractivity contribution in [3.63, 3.8) is 0 Å². The number of hydrogen-bond donors (Lipinski definition) is 0. The summed E-state index contributed by atoms with van der Waals surface area (Å²) in [5.74, 6) is -2.45. The highest BCUT2D eigenvalue weighted by Gasteiger charge is 2.52. The molecule has 0 bridgehead atoms. The SMILES string of the molecule is C#CC[C@@H]1O[C@@H]2COC(C)(C)O[C@@H]2[C@H](n2cc(-c3cc(F)c(F)c(F)c3)nn2)[C@H]1OC. The minimum atomic E-state index is -1.54. The molecule has 0 saturated carbocycles. The number of terminal acetylenes is 1. The number of halogens is 3. The summed E-state index contributed by atoms with van der Waals surface area (Å²) >= 11 is 0. The summed E-state index contributed by atoms with van der Waals surface area (Å²) < 4.78 is 65.9. The van der Waals surface area contributed by atoms with Crippen LogP contribution in [0.3, 0.4) is 0 Å². The van der Waals surface area contributed by atoms with Crippen LogP contribution in [0.4, 0.5) is 13.2 Å². The second kappa shape index (κ2) is 8.24. The Kier molecular flexibility index (Phi) is 5.79. The molecule has 2 aromatic rings. The standard InChI is InChI=1S/C21H22F3N3O4/c1-5-6-15-19(28-4)18(20-16(30-15)10-29-21(2,3)31-20)27-9-14(25-26-27)11-7-12(22)17(24)13(23)8-11/h1,7-9,15-16,18-20H,6,10H2,2-4H3/t15-,16+,18+,19-,20-/m0/s1. The van der Waals surface area contributed by atoms with Crippen molar-refractivity contribution in [2.45, 2.75) is 56.5 Å². The van der Waals surface area contributed by atoms with E-state index in [1.807, 2.05) is 0 Å². The fraction of sp³-hybridized carbons (Fsp3) is 0.524. The van der Waals surface area contributed by atoms with Crippen LogP contribution in [0.15, 0.2) is 18.3 Å². The van der Waals surface area contributed by atoms with Crippen molar-refractivity contribution in [3.8, 4) is 23.6 Å². The van der Waals surface area contributed by atoms with E-state index in [4.69, 9.17) is 25.4 Å². The first-order valence-corrected chi connectivity index (χ1v) is 9.74. The zero-order chi connectivity index (χ0) is 22.3. The Balaban J connectivity index is 1.73. The highest BCUT2D eigenvalue weighted by molar-refractivity contribution is 5.57. The normalized spacial score (nSPS) is 29.9. The van der Waals surface area contributed by atoms with E-state index in [-0.39, 0.29) is 24.3 Å². The molecule has 2 aliphatic rings. The molecule has 0 aliphatic carbocycles. The average Bonchev–Trinajstić information content (AvgIpc) is 3.20. The zero-order valence-electron chi connectivity index (χ0n) is 17.2. The predicted octanol–water partition coefficient (Wildman–Crippen LogP) is 2.86. The van der Waals surface area contributed by atoms with E-state index in [1.54, 1.807) is 13.8 Å². The van der Waals surface area contributed by atoms with Gasteiger partial charge in [0.05, 0.1) is 18.9 Å². The minimum absolute atomic E-state index is 0.0497. The number of methoxy groups -OCH3 is 1. The number of rotatable bonds is 4. The van der Waals surface area contributed by atoms with Gasteiger partial charge in [0.1, 0.15) is 30.0 Å². The second-order valence-corrected chi connectivity index (χ2v) is 7.94. The van der Waals surface area contributed by atoms with Gasteiger partial charge in [0.25, 0.3) is 0 Å². The smallest absolute Gasteiger partial charge is 0.194 e. The Bertz CT molecular complexity index is 983. The van der Waals surface area contributed by atoms with E-state index in [9.17, 15) is 13.2 Å². The molecule has 0 amide bonds. The average molecular weight is 437 g/mol. The number of hydrogen-bond acceptors (Lipinski definition) is 6. The third kappa shape index (κ3) is 4.06. The molecular formula is C21H22F3N3O4. The molecule has 7 nitrogen and oxygen atoms in total. The largest absolute Gasteiger partial charge is 0.376 e. The molecule has 1 aromatic heterocycles. The molecule has 10 heteroatoms. The van der Waals surface area contributed by atoms with Crippen molar-refractivity contribution in [2.24, 2.45) is 0 Å². The van der Waals surface area contributed by atoms with Crippen molar-refractivity contribution in [1.82, 2.24) is 15.0 Å². The van der Waals surface area contributed by atoms with Gasteiger partial charge in [-0.05, 0) is 26.0 Å².